The molecule has 0 saturated carbocycles. The Kier molecular flexibility index (Phi) is 3.59. The summed E-state index contributed by atoms with van der Waals surface area (Å²) in [5.74, 6) is 6.07. The zero-order valence-electron chi connectivity index (χ0n) is 8.78. The first-order valence-electron chi connectivity index (χ1n) is 4.60. The fraction of sp³-hybridized carbons (Fsp3) is 0.400. The summed E-state index contributed by atoms with van der Waals surface area (Å²) in [5.41, 5.74) is 4.60. The molecule has 0 saturated heterocycles. The molecular formula is C10H16N4. The Labute approximate surface area is 84.2 Å². The van der Waals surface area contributed by atoms with Crippen molar-refractivity contribution in [1.29, 1.82) is 0 Å². The number of hydrazine groups is 1. The number of nitrogens with zero attached hydrogens (tertiary/aromatic N) is 2. The first-order valence-corrected chi connectivity index (χ1v) is 4.60. The van der Waals surface area contributed by atoms with Gasteiger partial charge in [-0.05, 0) is 32.4 Å². The Hall–Kier alpha value is -1.42. The lowest BCUT2D eigenvalue weighted by Gasteiger charge is -2.07. The van der Waals surface area contributed by atoms with Crippen LogP contribution in [0, 0.1) is 6.92 Å². The highest BCUT2D eigenvalue weighted by Crippen LogP contribution is 2.02. The number of nitrogens with one attached hydrogen (secondary N) is 1. The largest absolute Gasteiger partial charge is 0.308 e. The summed E-state index contributed by atoms with van der Waals surface area (Å²) in [5, 5.41) is 0. The van der Waals surface area contributed by atoms with Crippen molar-refractivity contribution in [2.45, 2.75) is 26.8 Å². The SMILES string of the molecule is Cc1cncc(C(=NC(C)C)NN)c1. The highest BCUT2D eigenvalue weighted by atomic mass is 15.3. The van der Waals surface area contributed by atoms with Gasteiger partial charge in [0.25, 0.3) is 0 Å². The van der Waals surface area contributed by atoms with E-state index in [4.69, 9.17) is 5.84 Å². The number of aryl methyl sites for hydroxylation is 1. The molecular weight excluding hydrogens is 176 g/mol. The number of aliphatic imine (C=N–C) groups is 1. The molecule has 0 radical (unpaired) electrons. The molecule has 4 heteroatoms. The van der Waals surface area contributed by atoms with E-state index in [1.165, 1.54) is 0 Å². The van der Waals surface area contributed by atoms with Gasteiger partial charge in [0.2, 0.25) is 0 Å². The van der Waals surface area contributed by atoms with Gasteiger partial charge < -0.3 is 5.43 Å². The normalized spacial score (nSPS) is 11.9. The maximum absolute atomic E-state index is 5.39. The third-order valence-electron chi connectivity index (χ3n) is 1.67. The maximum atomic E-state index is 5.39. The average Bonchev–Trinajstić information content (AvgIpc) is 2.14. The van der Waals surface area contributed by atoms with E-state index >= 15 is 0 Å². The van der Waals surface area contributed by atoms with Crippen molar-refractivity contribution < 1.29 is 0 Å². The molecule has 0 aromatic carbocycles. The van der Waals surface area contributed by atoms with Gasteiger partial charge in [-0.3, -0.25) is 9.98 Å². The van der Waals surface area contributed by atoms with Crippen LogP contribution in [0.3, 0.4) is 0 Å². The minimum absolute atomic E-state index is 0.210. The van der Waals surface area contributed by atoms with Crippen LogP contribution in [0.1, 0.15) is 25.0 Å². The summed E-state index contributed by atoms with van der Waals surface area (Å²) < 4.78 is 0. The van der Waals surface area contributed by atoms with Gasteiger partial charge in [-0.15, -0.1) is 0 Å². The van der Waals surface area contributed by atoms with E-state index in [0.29, 0.717) is 5.84 Å². The fourth-order valence-corrected chi connectivity index (χ4v) is 1.14. The van der Waals surface area contributed by atoms with Crippen molar-refractivity contribution in [3.8, 4) is 0 Å². The van der Waals surface area contributed by atoms with Crippen LogP contribution in [-0.4, -0.2) is 16.9 Å². The molecule has 0 unspecified atom stereocenters. The summed E-state index contributed by atoms with van der Waals surface area (Å²) in [7, 11) is 0. The summed E-state index contributed by atoms with van der Waals surface area (Å²) in [4.78, 5) is 8.43. The first-order chi connectivity index (χ1) is 6.63. The van der Waals surface area contributed by atoms with E-state index in [2.05, 4.69) is 15.4 Å². The molecule has 0 spiro atoms. The van der Waals surface area contributed by atoms with E-state index in [0.717, 1.165) is 11.1 Å². The number of nitrogens with two attached hydrogens (primary N) is 1. The minimum Gasteiger partial charge on any atom is -0.308 e. The second kappa shape index (κ2) is 4.72. The lowest BCUT2D eigenvalue weighted by molar-refractivity contribution is 0.820. The van der Waals surface area contributed by atoms with Gasteiger partial charge in [-0.2, -0.15) is 0 Å². The molecule has 0 aliphatic heterocycles. The van der Waals surface area contributed by atoms with Crippen LogP contribution in [0.25, 0.3) is 0 Å². The standard InChI is InChI=1S/C10H16N4/c1-7(2)13-10(14-11)9-4-8(3)5-12-6-9/h4-7H,11H2,1-3H3,(H,13,14). The monoisotopic (exact) mass is 192 g/mol. The average molecular weight is 192 g/mol. The summed E-state index contributed by atoms with van der Waals surface area (Å²) in [6, 6.07) is 2.20. The van der Waals surface area contributed by atoms with Gasteiger partial charge in [0.1, 0.15) is 5.84 Å². The number of aromatic nitrogens is 1. The second-order valence-corrected chi connectivity index (χ2v) is 3.47. The molecule has 0 fully saturated rings. The summed E-state index contributed by atoms with van der Waals surface area (Å²) in [6.07, 6.45) is 3.54. The van der Waals surface area contributed by atoms with Crippen LogP contribution in [0.4, 0.5) is 0 Å². The van der Waals surface area contributed by atoms with Gasteiger partial charge in [0.05, 0.1) is 0 Å². The Morgan fingerprint density at radius 2 is 2.21 bits per heavy atom. The summed E-state index contributed by atoms with van der Waals surface area (Å²) >= 11 is 0. The second-order valence-electron chi connectivity index (χ2n) is 3.47. The molecule has 0 aliphatic rings. The van der Waals surface area contributed by atoms with Crippen LogP contribution in [-0.2, 0) is 0 Å². The van der Waals surface area contributed by atoms with Crippen molar-refractivity contribution >= 4 is 5.84 Å². The Morgan fingerprint density at radius 3 is 2.71 bits per heavy atom. The highest BCUT2D eigenvalue weighted by Gasteiger charge is 2.02. The molecule has 0 bridgehead atoms. The van der Waals surface area contributed by atoms with Gasteiger partial charge in [0.15, 0.2) is 0 Å². The van der Waals surface area contributed by atoms with E-state index < -0.39 is 0 Å². The lowest BCUT2D eigenvalue weighted by Crippen LogP contribution is -2.32. The van der Waals surface area contributed by atoms with Crippen molar-refractivity contribution in [1.82, 2.24) is 10.4 Å². The highest BCUT2D eigenvalue weighted by molar-refractivity contribution is 5.98. The topological polar surface area (TPSA) is 63.3 Å². The van der Waals surface area contributed by atoms with Gasteiger partial charge in [-0.1, -0.05) is 0 Å². The molecule has 14 heavy (non-hydrogen) atoms. The molecule has 4 nitrogen and oxygen atoms in total. The molecule has 0 aliphatic carbocycles. The molecule has 1 aromatic rings. The zero-order chi connectivity index (χ0) is 10.6. The Bertz CT molecular complexity index is 331. The van der Waals surface area contributed by atoms with Crippen LogP contribution in [0.2, 0.25) is 0 Å². The first kappa shape index (κ1) is 10.7. The third-order valence-corrected chi connectivity index (χ3v) is 1.67. The number of rotatable bonds is 2. The van der Waals surface area contributed by atoms with Crippen LogP contribution in [0.15, 0.2) is 23.5 Å². The maximum Gasteiger partial charge on any atom is 0.144 e. The Balaban J connectivity index is 3.01. The van der Waals surface area contributed by atoms with Crippen molar-refractivity contribution in [3.05, 3.63) is 29.6 Å². The molecule has 1 rings (SSSR count). The third kappa shape index (κ3) is 2.81. The van der Waals surface area contributed by atoms with Crippen molar-refractivity contribution in [3.63, 3.8) is 0 Å². The van der Waals surface area contributed by atoms with Gasteiger partial charge in [-0.25, -0.2) is 5.84 Å². The van der Waals surface area contributed by atoms with E-state index in [1.54, 1.807) is 12.4 Å². The molecule has 0 amide bonds. The minimum atomic E-state index is 0.210. The van der Waals surface area contributed by atoms with Gasteiger partial charge >= 0.3 is 0 Å². The predicted molar refractivity (Wildman–Crippen MR) is 58.0 cm³/mol. The fourth-order valence-electron chi connectivity index (χ4n) is 1.14. The molecule has 3 N–H and O–H groups in total. The number of hydrogen-bond donors (Lipinski definition) is 2. The lowest BCUT2D eigenvalue weighted by atomic mass is 10.2. The predicted octanol–water partition coefficient (Wildman–Crippen LogP) is 1.01. The van der Waals surface area contributed by atoms with E-state index in [1.807, 2.05) is 26.8 Å². The molecule has 76 valence electrons. The smallest absolute Gasteiger partial charge is 0.144 e. The van der Waals surface area contributed by atoms with Gasteiger partial charge in [0, 0.05) is 24.0 Å². The molecule has 1 aromatic heterocycles. The van der Waals surface area contributed by atoms with Crippen molar-refractivity contribution in [2.75, 3.05) is 0 Å². The zero-order valence-corrected chi connectivity index (χ0v) is 8.78. The van der Waals surface area contributed by atoms with Crippen molar-refractivity contribution in [2.24, 2.45) is 10.8 Å². The molecule has 0 atom stereocenters. The Morgan fingerprint density at radius 1 is 1.50 bits per heavy atom. The van der Waals surface area contributed by atoms with E-state index in [-0.39, 0.29) is 6.04 Å². The summed E-state index contributed by atoms with van der Waals surface area (Å²) in [6.45, 7) is 5.99. The number of pyridine rings is 1. The van der Waals surface area contributed by atoms with Crippen LogP contribution < -0.4 is 11.3 Å². The van der Waals surface area contributed by atoms with Crippen LogP contribution >= 0.6 is 0 Å². The van der Waals surface area contributed by atoms with E-state index in [9.17, 15) is 0 Å². The number of amidine groups is 1. The quantitative estimate of drug-likeness (QED) is 0.318. The number of hydrogen-bond acceptors (Lipinski definition) is 3. The van der Waals surface area contributed by atoms with Crippen LogP contribution in [0.5, 0.6) is 0 Å². The molecule has 1 heterocycles.